The lowest BCUT2D eigenvalue weighted by atomic mass is 9.82. The molecule has 0 spiro atoms. The Labute approximate surface area is 169 Å². The van der Waals surface area contributed by atoms with Crippen molar-refractivity contribution in [3.8, 4) is 0 Å². The summed E-state index contributed by atoms with van der Waals surface area (Å²) in [7, 11) is 0. The molecular formula is C20H32IN3O. The quantitative estimate of drug-likeness (QED) is 0.412. The van der Waals surface area contributed by atoms with Gasteiger partial charge in [-0.1, -0.05) is 42.7 Å². The highest BCUT2D eigenvalue weighted by atomic mass is 127. The largest absolute Gasteiger partial charge is 0.386 e. The maximum Gasteiger partial charge on any atom is 0.194 e. The zero-order valence-electron chi connectivity index (χ0n) is 15.4. The van der Waals surface area contributed by atoms with Crippen molar-refractivity contribution < 1.29 is 5.11 Å². The second-order valence-corrected chi connectivity index (χ2v) is 7.33. The third kappa shape index (κ3) is 5.33. The third-order valence-electron chi connectivity index (χ3n) is 5.49. The Bertz CT molecular complexity index is 547. The Morgan fingerprint density at radius 3 is 2.36 bits per heavy atom. The van der Waals surface area contributed by atoms with Crippen molar-refractivity contribution in [3.05, 3.63) is 35.4 Å². The van der Waals surface area contributed by atoms with Gasteiger partial charge in [0, 0.05) is 19.6 Å². The Morgan fingerprint density at radius 2 is 1.80 bits per heavy atom. The molecule has 3 atom stereocenters. The minimum absolute atomic E-state index is 0. The molecule has 25 heavy (non-hydrogen) atoms. The Hall–Kier alpha value is -0.820. The third-order valence-corrected chi connectivity index (χ3v) is 5.49. The van der Waals surface area contributed by atoms with E-state index >= 15 is 0 Å². The first-order chi connectivity index (χ1) is 11.7. The lowest BCUT2D eigenvalue weighted by Crippen LogP contribution is -2.40. The summed E-state index contributed by atoms with van der Waals surface area (Å²) in [4.78, 5) is 7.14. The molecule has 2 fully saturated rings. The van der Waals surface area contributed by atoms with Crippen LogP contribution in [-0.2, 0) is 0 Å². The molecule has 3 unspecified atom stereocenters. The SMILES string of the molecule is CCNC(=NCC(O)c1ccc(C)cc1)N1CC2CCCCC2C1.I. The number of aliphatic hydroxyl groups excluding tert-OH is 1. The first kappa shape index (κ1) is 20.5. The monoisotopic (exact) mass is 457 g/mol. The summed E-state index contributed by atoms with van der Waals surface area (Å²) in [5, 5.41) is 13.8. The van der Waals surface area contributed by atoms with Crippen molar-refractivity contribution >= 4 is 29.9 Å². The highest BCUT2D eigenvalue weighted by Crippen LogP contribution is 2.36. The van der Waals surface area contributed by atoms with Gasteiger partial charge in [-0.05, 0) is 44.1 Å². The second-order valence-electron chi connectivity index (χ2n) is 7.33. The predicted octanol–water partition coefficient (Wildman–Crippen LogP) is 3.73. The van der Waals surface area contributed by atoms with Crippen LogP contribution < -0.4 is 5.32 Å². The zero-order valence-corrected chi connectivity index (χ0v) is 17.8. The van der Waals surface area contributed by atoms with Crippen molar-refractivity contribution in [1.82, 2.24) is 10.2 Å². The molecule has 140 valence electrons. The highest BCUT2D eigenvalue weighted by molar-refractivity contribution is 14.0. The number of hydrogen-bond donors (Lipinski definition) is 2. The molecule has 2 N–H and O–H groups in total. The van der Waals surface area contributed by atoms with Gasteiger partial charge in [0.2, 0.25) is 0 Å². The van der Waals surface area contributed by atoms with E-state index in [0.717, 1.165) is 43.0 Å². The molecule has 1 aliphatic carbocycles. The van der Waals surface area contributed by atoms with Crippen molar-refractivity contribution in [2.45, 2.75) is 45.6 Å². The number of nitrogens with one attached hydrogen (secondary N) is 1. The number of nitrogens with zero attached hydrogens (tertiary/aromatic N) is 2. The molecule has 1 aliphatic heterocycles. The maximum absolute atomic E-state index is 10.4. The van der Waals surface area contributed by atoms with Crippen LogP contribution in [-0.4, -0.2) is 42.1 Å². The molecule has 1 heterocycles. The molecule has 1 aromatic rings. The summed E-state index contributed by atoms with van der Waals surface area (Å²) in [5.74, 6) is 2.65. The summed E-state index contributed by atoms with van der Waals surface area (Å²) in [5.41, 5.74) is 2.15. The van der Waals surface area contributed by atoms with E-state index in [0.29, 0.717) is 6.54 Å². The van der Waals surface area contributed by atoms with Crippen molar-refractivity contribution in [3.63, 3.8) is 0 Å². The summed E-state index contributed by atoms with van der Waals surface area (Å²) in [6.45, 7) is 7.69. The lowest BCUT2D eigenvalue weighted by Gasteiger charge is -2.22. The topological polar surface area (TPSA) is 47.9 Å². The minimum Gasteiger partial charge on any atom is -0.386 e. The number of rotatable bonds is 4. The van der Waals surface area contributed by atoms with E-state index in [9.17, 15) is 5.11 Å². The summed E-state index contributed by atoms with van der Waals surface area (Å²) < 4.78 is 0. The van der Waals surface area contributed by atoms with E-state index in [2.05, 4.69) is 24.1 Å². The van der Waals surface area contributed by atoms with Crippen LogP contribution >= 0.6 is 24.0 Å². The number of halogens is 1. The van der Waals surface area contributed by atoms with Gasteiger partial charge in [-0.2, -0.15) is 0 Å². The predicted molar refractivity (Wildman–Crippen MR) is 115 cm³/mol. The van der Waals surface area contributed by atoms with E-state index < -0.39 is 6.10 Å². The van der Waals surface area contributed by atoms with Gasteiger partial charge in [-0.25, -0.2) is 0 Å². The molecule has 2 aliphatic rings. The molecule has 0 bridgehead atoms. The average Bonchev–Trinajstić information content (AvgIpc) is 3.03. The Morgan fingerprint density at radius 1 is 1.20 bits per heavy atom. The molecule has 5 heteroatoms. The van der Waals surface area contributed by atoms with E-state index in [-0.39, 0.29) is 24.0 Å². The van der Waals surface area contributed by atoms with E-state index in [1.807, 2.05) is 24.3 Å². The number of aliphatic imine (C=N–C) groups is 1. The summed E-state index contributed by atoms with van der Waals surface area (Å²) in [6, 6.07) is 8.07. The molecule has 0 amide bonds. The van der Waals surface area contributed by atoms with Gasteiger partial charge in [0.15, 0.2) is 5.96 Å². The normalized spacial score (nSPS) is 24.4. The van der Waals surface area contributed by atoms with E-state index in [1.54, 1.807) is 0 Å². The molecule has 1 saturated carbocycles. The number of aryl methyl sites for hydroxylation is 1. The van der Waals surface area contributed by atoms with Crippen molar-refractivity contribution in [1.29, 1.82) is 0 Å². The number of fused-ring (bicyclic) bond motifs is 1. The van der Waals surface area contributed by atoms with Crippen LogP contribution in [0.1, 0.15) is 49.8 Å². The van der Waals surface area contributed by atoms with Gasteiger partial charge in [-0.3, -0.25) is 4.99 Å². The van der Waals surface area contributed by atoms with E-state index in [4.69, 9.17) is 4.99 Å². The van der Waals surface area contributed by atoms with Gasteiger partial charge >= 0.3 is 0 Å². The number of aliphatic hydroxyl groups is 1. The molecule has 0 radical (unpaired) electrons. The van der Waals surface area contributed by atoms with Crippen LogP contribution in [0, 0.1) is 18.8 Å². The molecule has 3 rings (SSSR count). The van der Waals surface area contributed by atoms with E-state index in [1.165, 1.54) is 31.2 Å². The lowest BCUT2D eigenvalue weighted by molar-refractivity contribution is 0.186. The van der Waals surface area contributed by atoms with Crippen LogP contribution in [0.4, 0.5) is 0 Å². The number of guanidine groups is 1. The standard InChI is InChI=1S/C20H31N3O.HI/c1-3-21-20(23-13-17-6-4-5-7-18(17)14-23)22-12-19(24)16-10-8-15(2)9-11-16;/h8-11,17-19,24H,3-7,12-14H2,1-2H3,(H,21,22);1H. The number of hydrogen-bond acceptors (Lipinski definition) is 2. The van der Waals surface area contributed by atoms with Crippen LogP contribution in [0.2, 0.25) is 0 Å². The van der Waals surface area contributed by atoms with Crippen LogP contribution in [0.3, 0.4) is 0 Å². The maximum atomic E-state index is 10.4. The number of likely N-dealkylation sites (tertiary alicyclic amines) is 1. The first-order valence-electron chi connectivity index (χ1n) is 9.45. The summed E-state index contributed by atoms with van der Waals surface area (Å²) in [6.07, 6.45) is 4.96. The summed E-state index contributed by atoms with van der Waals surface area (Å²) >= 11 is 0. The van der Waals surface area contributed by atoms with Crippen molar-refractivity contribution in [2.24, 2.45) is 16.8 Å². The fourth-order valence-electron chi connectivity index (χ4n) is 4.07. The number of benzene rings is 1. The fourth-order valence-corrected chi connectivity index (χ4v) is 4.07. The average molecular weight is 457 g/mol. The smallest absolute Gasteiger partial charge is 0.194 e. The highest BCUT2D eigenvalue weighted by Gasteiger charge is 2.35. The van der Waals surface area contributed by atoms with Crippen LogP contribution in [0.25, 0.3) is 0 Å². The first-order valence-corrected chi connectivity index (χ1v) is 9.45. The molecule has 0 aromatic heterocycles. The zero-order chi connectivity index (χ0) is 16.9. The fraction of sp³-hybridized carbons (Fsp3) is 0.650. The van der Waals surface area contributed by atoms with Gasteiger partial charge in [0.05, 0.1) is 12.6 Å². The van der Waals surface area contributed by atoms with Crippen molar-refractivity contribution in [2.75, 3.05) is 26.2 Å². The Balaban J connectivity index is 0.00000225. The van der Waals surface area contributed by atoms with Crippen LogP contribution in [0.5, 0.6) is 0 Å². The molecule has 1 saturated heterocycles. The van der Waals surface area contributed by atoms with Crippen LogP contribution in [0.15, 0.2) is 29.3 Å². The Kier molecular flexibility index (Phi) is 8.00. The van der Waals surface area contributed by atoms with Gasteiger partial charge < -0.3 is 15.3 Å². The molecule has 4 nitrogen and oxygen atoms in total. The molecule has 1 aromatic carbocycles. The minimum atomic E-state index is -0.538. The van der Waals surface area contributed by atoms with Gasteiger partial charge in [0.25, 0.3) is 0 Å². The van der Waals surface area contributed by atoms with Gasteiger partial charge in [0.1, 0.15) is 0 Å². The second kappa shape index (κ2) is 9.76. The molecular weight excluding hydrogens is 425 g/mol. The van der Waals surface area contributed by atoms with Gasteiger partial charge in [-0.15, -0.1) is 24.0 Å².